The van der Waals surface area contributed by atoms with Crippen LogP contribution in [0.4, 0.5) is 4.39 Å². The molecule has 126 valence electrons. The molecule has 0 aliphatic heterocycles. The van der Waals surface area contributed by atoms with E-state index in [0.717, 1.165) is 6.07 Å². The molecule has 3 aromatic rings. The first-order valence-corrected chi connectivity index (χ1v) is 8.80. The number of hydrogen-bond acceptors (Lipinski definition) is 3. The van der Waals surface area contributed by atoms with E-state index in [2.05, 4.69) is 9.71 Å². The minimum atomic E-state index is -3.76. The number of benzene rings is 2. The van der Waals surface area contributed by atoms with Crippen molar-refractivity contribution in [3.63, 3.8) is 0 Å². The number of aryl methyl sites for hydroxylation is 1. The van der Waals surface area contributed by atoms with Gasteiger partial charge in [-0.05, 0) is 42.8 Å². The molecule has 8 heteroatoms. The van der Waals surface area contributed by atoms with Crippen LogP contribution in [-0.2, 0) is 16.6 Å². The van der Waals surface area contributed by atoms with Crippen molar-refractivity contribution in [2.45, 2.75) is 18.4 Å². The molecule has 24 heavy (non-hydrogen) atoms. The number of nitrogens with zero attached hydrogens (tertiary/aromatic N) is 1. The van der Waals surface area contributed by atoms with E-state index >= 15 is 0 Å². The molecule has 0 radical (unpaired) electrons. The second-order valence-electron chi connectivity index (χ2n) is 5.41. The monoisotopic (exact) mass is 349 g/mol. The number of nitrogens with one attached hydrogen (secondary N) is 2. The Hall–Kier alpha value is -2.45. The van der Waals surface area contributed by atoms with Crippen molar-refractivity contribution < 1.29 is 12.8 Å². The van der Waals surface area contributed by atoms with Crippen molar-refractivity contribution in [2.24, 2.45) is 0 Å². The second kappa shape index (κ2) is 6.21. The van der Waals surface area contributed by atoms with Crippen LogP contribution in [0, 0.1) is 12.7 Å². The number of H-pyrrole nitrogens is 1. The van der Waals surface area contributed by atoms with E-state index in [0.29, 0.717) is 11.0 Å². The van der Waals surface area contributed by atoms with Gasteiger partial charge in [-0.1, -0.05) is 12.1 Å². The Morgan fingerprint density at radius 1 is 1.21 bits per heavy atom. The number of halogens is 1. The minimum Gasteiger partial charge on any atom is -0.306 e. The summed E-state index contributed by atoms with van der Waals surface area (Å²) in [5, 5.41) is 0. The summed E-state index contributed by atoms with van der Waals surface area (Å²) < 4.78 is 41.6. The first-order chi connectivity index (χ1) is 11.4. The van der Waals surface area contributed by atoms with Crippen molar-refractivity contribution in [2.75, 3.05) is 6.54 Å². The van der Waals surface area contributed by atoms with Crippen LogP contribution in [0.15, 0.2) is 52.2 Å². The highest BCUT2D eigenvalue weighted by Crippen LogP contribution is 2.14. The molecule has 0 amide bonds. The summed E-state index contributed by atoms with van der Waals surface area (Å²) in [5.74, 6) is -0.459. The highest BCUT2D eigenvalue weighted by atomic mass is 32.2. The third-order valence-corrected chi connectivity index (χ3v) is 5.21. The molecular weight excluding hydrogens is 333 g/mol. The Morgan fingerprint density at radius 3 is 2.71 bits per heavy atom. The first-order valence-electron chi connectivity index (χ1n) is 7.32. The molecule has 2 N–H and O–H groups in total. The lowest BCUT2D eigenvalue weighted by atomic mass is 10.2. The minimum absolute atomic E-state index is 0.00678. The van der Waals surface area contributed by atoms with Crippen LogP contribution in [0.1, 0.15) is 5.56 Å². The van der Waals surface area contributed by atoms with E-state index in [4.69, 9.17) is 0 Å². The number of aromatic nitrogens is 2. The highest BCUT2D eigenvalue weighted by molar-refractivity contribution is 7.89. The Labute approximate surface area is 138 Å². The molecule has 0 atom stereocenters. The Balaban J connectivity index is 1.76. The third-order valence-electron chi connectivity index (χ3n) is 3.75. The van der Waals surface area contributed by atoms with Crippen LogP contribution < -0.4 is 10.4 Å². The number of imidazole rings is 1. The fraction of sp³-hybridized carbons (Fsp3) is 0.188. The zero-order valence-corrected chi connectivity index (χ0v) is 13.7. The van der Waals surface area contributed by atoms with Gasteiger partial charge in [0.25, 0.3) is 0 Å². The van der Waals surface area contributed by atoms with Crippen LogP contribution >= 0.6 is 0 Å². The highest BCUT2D eigenvalue weighted by Gasteiger charge is 2.15. The van der Waals surface area contributed by atoms with Gasteiger partial charge in [-0.25, -0.2) is 22.3 Å². The molecule has 0 spiro atoms. The fourth-order valence-electron chi connectivity index (χ4n) is 2.49. The number of aromatic amines is 1. The fourth-order valence-corrected chi connectivity index (χ4v) is 3.59. The number of sulfonamides is 1. The standard InChI is InChI=1S/C16H16FN3O3S/c1-11-10-12(6-7-13(11)17)24(22,23)18-8-9-20-15-5-3-2-4-14(15)19-16(20)21/h2-7,10,18H,8-9H2,1H3,(H,19,21). The molecule has 2 aromatic carbocycles. The average molecular weight is 349 g/mol. The van der Waals surface area contributed by atoms with Crippen molar-refractivity contribution >= 4 is 21.1 Å². The van der Waals surface area contributed by atoms with Gasteiger partial charge >= 0.3 is 5.69 Å². The summed E-state index contributed by atoms with van der Waals surface area (Å²) in [6, 6.07) is 10.8. The lowest BCUT2D eigenvalue weighted by molar-refractivity contribution is 0.571. The summed E-state index contributed by atoms with van der Waals surface area (Å²) in [7, 11) is -3.76. The molecule has 0 fully saturated rings. The largest absolute Gasteiger partial charge is 0.326 e. The maximum absolute atomic E-state index is 13.3. The van der Waals surface area contributed by atoms with Crippen molar-refractivity contribution in [3.05, 3.63) is 64.3 Å². The Kier molecular flexibility index (Phi) is 4.25. The summed E-state index contributed by atoms with van der Waals surface area (Å²) in [6.07, 6.45) is 0. The lowest BCUT2D eigenvalue weighted by Gasteiger charge is -2.08. The van der Waals surface area contributed by atoms with E-state index in [1.54, 1.807) is 18.2 Å². The van der Waals surface area contributed by atoms with Gasteiger partial charge in [0.05, 0.1) is 15.9 Å². The molecule has 0 bridgehead atoms. The van der Waals surface area contributed by atoms with Crippen LogP contribution in [0.25, 0.3) is 11.0 Å². The molecule has 3 rings (SSSR count). The normalized spacial score (nSPS) is 11.9. The van der Waals surface area contributed by atoms with E-state index < -0.39 is 15.8 Å². The molecule has 6 nitrogen and oxygen atoms in total. The molecule has 0 aliphatic carbocycles. The van der Waals surface area contributed by atoms with E-state index in [9.17, 15) is 17.6 Å². The number of hydrogen-bond donors (Lipinski definition) is 2. The molecule has 0 saturated heterocycles. The molecule has 1 heterocycles. The molecule has 1 aromatic heterocycles. The third kappa shape index (κ3) is 3.10. The van der Waals surface area contributed by atoms with Crippen LogP contribution in [0.5, 0.6) is 0 Å². The number of rotatable bonds is 5. The summed E-state index contributed by atoms with van der Waals surface area (Å²) in [6.45, 7) is 1.72. The lowest BCUT2D eigenvalue weighted by Crippen LogP contribution is -2.30. The van der Waals surface area contributed by atoms with Gasteiger partial charge in [0, 0.05) is 13.1 Å². The quantitative estimate of drug-likeness (QED) is 0.736. The van der Waals surface area contributed by atoms with Crippen LogP contribution in [0.3, 0.4) is 0 Å². The topological polar surface area (TPSA) is 84.0 Å². The van der Waals surface area contributed by atoms with Gasteiger partial charge in [0.15, 0.2) is 0 Å². The first kappa shape index (κ1) is 16.4. The van der Waals surface area contributed by atoms with Crippen molar-refractivity contribution in [1.82, 2.24) is 14.3 Å². The zero-order valence-electron chi connectivity index (χ0n) is 12.9. The smallest absolute Gasteiger partial charge is 0.306 e. The predicted octanol–water partition coefficient (Wildman–Crippen LogP) is 1.76. The van der Waals surface area contributed by atoms with Crippen LogP contribution in [-0.4, -0.2) is 24.5 Å². The molecule has 0 aliphatic rings. The Morgan fingerprint density at radius 2 is 1.96 bits per heavy atom. The van der Waals surface area contributed by atoms with Crippen LogP contribution in [0.2, 0.25) is 0 Å². The van der Waals surface area contributed by atoms with E-state index in [-0.39, 0.29) is 29.2 Å². The van der Waals surface area contributed by atoms with Gasteiger partial charge in [-0.2, -0.15) is 0 Å². The van der Waals surface area contributed by atoms with Gasteiger partial charge < -0.3 is 4.98 Å². The van der Waals surface area contributed by atoms with E-state index in [1.165, 1.54) is 23.6 Å². The number of para-hydroxylation sites is 2. The van der Waals surface area contributed by atoms with E-state index in [1.807, 2.05) is 6.07 Å². The van der Waals surface area contributed by atoms with Gasteiger partial charge in [-0.15, -0.1) is 0 Å². The summed E-state index contributed by atoms with van der Waals surface area (Å²) in [5.41, 5.74) is 1.36. The Bertz CT molecular complexity index is 1050. The maximum Gasteiger partial charge on any atom is 0.326 e. The SMILES string of the molecule is Cc1cc(S(=O)(=O)NCCn2c(=O)[nH]c3ccccc32)ccc1F. The van der Waals surface area contributed by atoms with Gasteiger partial charge in [0.2, 0.25) is 10.0 Å². The van der Waals surface area contributed by atoms with Gasteiger partial charge in [-0.3, -0.25) is 4.57 Å². The molecule has 0 unspecified atom stereocenters. The second-order valence-corrected chi connectivity index (χ2v) is 7.17. The average Bonchev–Trinajstić information content (AvgIpc) is 2.86. The summed E-state index contributed by atoms with van der Waals surface area (Å²) >= 11 is 0. The van der Waals surface area contributed by atoms with Crippen molar-refractivity contribution in [1.29, 1.82) is 0 Å². The molecular formula is C16H16FN3O3S. The zero-order chi connectivity index (χ0) is 17.3. The summed E-state index contributed by atoms with van der Waals surface area (Å²) in [4.78, 5) is 14.6. The maximum atomic E-state index is 13.3. The molecule has 0 saturated carbocycles. The van der Waals surface area contributed by atoms with Gasteiger partial charge in [0.1, 0.15) is 5.82 Å². The predicted molar refractivity (Wildman–Crippen MR) is 88.9 cm³/mol. The van der Waals surface area contributed by atoms with Crippen molar-refractivity contribution in [3.8, 4) is 0 Å². The number of fused-ring (bicyclic) bond motifs is 1.